The van der Waals surface area contributed by atoms with Crippen molar-refractivity contribution in [2.24, 2.45) is 0 Å². The summed E-state index contributed by atoms with van der Waals surface area (Å²) in [6.45, 7) is 1.31. The molecule has 29 heavy (non-hydrogen) atoms. The fourth-order valence-corrected chi connectivity index (χ4v) is 2.82. The van der Waals surface area contributed by atoms with Crippen LogP contribution in [0.4, 0.5) is 0 Å². The summed E-state index contributed by atoms with van der Waals surface area (Å²) in [5.41, 5.74) is 2.20. The minimum Gasteiger partial charge on any atom is -0.507 e. The number of imidazole rings is 1. The van der Waals surface area contributed by atoms with E-state index >= 15 is 0 Å². The molecule has 8 heteroatoms. The number of nitrogens with one attached hydrogen (secondary N) is 1. The third-order valence-electron chi connectivity index (χ3n) is 4.35. The lowest BCUT2D eigenvalue weighted by molar-refractivity contribution is 0.0502. The number of hydrogen-bond acceptors (Lipinski definition) is 7. The van der Waals surface area contributed by atoms with Gasteiger partial charge in [0.05, 0.1) is 30.8 Å². The van der Waals surface area contributed by atoms with Crippen LogP contribution in [0.1, 0.15) is 21.7 Å². The number of esters is 1. The van der Waals surface area contributed by atoms with Crippen molar-refractivity contribution < 1.29 is 24.1 Å². The lowest BCUT2D eigenvalue weighted by Gasteiger charge is -2.12. The summed E-state index contributed by atoms with van der Waals surface area (Å²) in [4.78, 5) is 19.6. The highest BCUT2D eigenvalue weighted by molar-refractivity contribution is 5.91. The zero-order chi connectivity index (χ0) is 21.0. The monoisotopic (exact) mass is 393 g/mol. The Labute approximate surface area is 167 Å². The van der Waals surface area contributed by atoms with Crippen LogP contribution >= 0.6 is 0 Å². The quantitative estimate of drug-likeness (QED) is 0.374. The van der Waals surface area contributed by atoms with E-state index in [4.69, 9.17) is 14.2 Å². The van der Waals surface area contributed by atoms with Crippen molar-refractivity contribution in [3.05, 3.63) is 59.1 Å². The van der Waals surface area contributed by atoms with Gasteiger partial charge in [-0.15, -0.1) is 0 Å². The van der Waals surface area contributed by atoms with Crippen molar-refractivity contribution in [2.45, 2.75) is 6.92 Å². The molecule has 3 rings (SSSR count). The summed E-state index contributed by atoms with van der Waals surface area (Å²) in [5, 5.41) is 19.7. The van der Waals surface area contributed by atoms with E-state index in [1.165, 1.54) is 26.4 Å². The first-order chi connectivity index (χ1) is 14.0. The number of nitriles is 1. The number of allylic oxidation sites excluding steroid dienone is 1. The van der Waals surface area contributed by atoms with Gasteiger partial charge in [0.15, 0.2) is 11.6 Å². The molecule has 0 unspecified atom stereocenters. The molecule has 2 aromatic carbocycles. The highest BCUT2D eigenvalue weighted by Crippen LogP contribution is 2.30. The predicted octanol–water partition coefficient (Wildman–Crippen LogP) is 3.54. The van der Waals surface area contributed by atoms with E-state index in [0.717, 1.165) is 11.1 Å². The number of carbonyl (C=O) groups excluding carboxylic acids is 1. The van der Waals surface area contributed by atoms with E-state index in [1.54, 1.807) is 19.1 Å². The second-order valence-corrected chi connectivity index (χ2v) is 6.12. The SMILES string of the molecule is COc1cc(C(=O)OCC(O)=C(C#N)c2nc3ccccc3[nH]2)cc(OC)c1C. The topological polar surface area (TPSA) is 117 Å². The maximum atomic E-state index is 12.4. The fourth-order valence-electron chi connectivity index (χ4n) is 2.82. The molecule has 0 aliphatic heterocycles. The van der Waals surface area contributed by atoms with Gasteiger partial charge in [0.1, 0.15) is 29.7 Å². The number of hydrogen-bond donors (Lipinski definition) is 2. The minimum absolute atomic E-state index is 0.104. The van der Waals surface area contributed by atoms with Crippen molar-refractivity contribution in [1.29, 1.82) is 5.26 Å². The number of carbonyl (C=O) groups is 1. The number of rotatable bonds is 6. The molecule has 0 amide bonds. The van der Waals surface area contributed by atoms with Gasteiger partial charge < -0.3 is 24.3 Å². The van der Waals surface area contributed by atoms with Gasteiger partial charge in [0, 0.05) is 5.56 Å². The predicted molar refractivity (Wildman–Crippen MR) is 106 cm³/mol. The van der Waals surface area contributed by atoms with E-state index in [1.807, 2.05) is 18.2 Å². The molecule has 0 radical (unpaired) electrons. The van der Waals surface area contributed by atoms with Crippen molar-refractivity contribution in [1.82, 2.24) is 9.97 Å². The Balaban J connectivity index is 1.82. The number of nitrogens with zero attached hydrogens (tertiary/aromatic N) is 2. The number of methoxy groups -OCH3 is 2. The van der Waals surface area contributed by atoms with Crippen molar-refractivity contribution in [3.63, 3.8) is 0 Å². The summed E-state index contributed by atoms with van der Waals surface area (Å²) >= 11 is 0. The van der Waals surface area contributed by atoms with Gasteiger partial charge in [0.25, 0.3) is 0 Å². The molecular formula is C21H19N3O5. The van der Waals surface area contributed by atoms with Gasteiger partial charge >= 0.3 is 5.97 Å². The molecule has 1 aromatic heterocycles. The molecule has 148 valence electrons. The van der Waals surface area contributed by atoms with Gasteiger partial charge in [-0.2, -0.15) is 5.26 Å². The Morgan fingerprint density at radius 2 is 1.86 bits per heavy atom. The third-order valence-corrected chi connectivity index (χ3v) is 4.35. The molecule has 0 bridgehead atoms. The van der Waals surface area contributed by atoms with E-state index in [-0.39, 0.29) is 17.0 Å². The molecule has 0 spiro atoms. The second-order valence-electron chi connectivity index (χ2n) is 6.12. The Morgan fingerprint density at radius 3 is 2.45 bits per heavy atom. The number of fused-ring (bicyclic) bond motifs is 1. The van der Waals surface area contributed by atoms with Crippen LogP contribution in [0.15, 0.2) is 42.2 Å². The summed E-state index contributed by atoms with van der Waals surface area (Å²) in [6.07, 6.45) is 0. The minimum atomic E-state index is -0.699. The van der Waals surface area contributed by atoms with Gasteiger partial charge in [-0.3, -0.25) is 0 Å². The molecule has 3 aromatic rings. The standard InChI is InChI=1S/C21H19N3O5/c1-12-18(27-2)8-13(9-19(12)28-3)21(26)29-11-17(25)14(10-22)20-23-15-6-4-5-7-16(15)24-20/h4-9,25H,11H2,1-3H3,(H,23,24). The van der Waals surface area contributed by atoms with E-state index < -0.39 is 18.3 Å². The number of para-hydroxylation sites is 2. The molecule has 0 saturated heterocycles. The lowest BCUT2D eigenvalue weighted by Crippen LogP contribution is -2.10. The van der Waals surface area contributed by atoms with Crippen LogP contribution in [0.5, 0.6) is 11.5 Å². The van der Waals surface area contributed by atoms with E-state index in [2.05, 4.69) is 9.97 Å². The first-order valence-corrected chi connectivity index (χ1v) is 8.65. The lowest BCUT2D eigenvalue weighted by atomic mass is 10.1. The average molecular weight is 393 g/mol. The molecule has 1 heterocycles. The number of H-pyrrole nitrogens is 1. The zero-order valence-corrected chi connectivity index (χ0v) is 16.1. The van der Waals surface area contributed by atoms with Crippen LogP contribution in [-0.4, -0.2) is 41.9 Å². The van der Waals surface area contributed by atoms with Gasteiger partial charge in [-0.05, 0) is 31.2 Å². The Hall–Kier alpha value is -3.99. The highest BCUT2D eigenvalue weighted by atomic mass is 16.5. The van der Waals surface area contributed by atoms with Crippen molar-refractivity contribution in [3.8, 4) is 17.6 Å². The van der Waals surface area contributed by atoms with Crippen LogP contribution < -0.4 is 9.47 Å². The molecule has 0 aliphatic rings. The molecule has 2 N–H and O–H groups in total. The normalized spacial score (nSPS) is 11.5. The smallest absolute Gasteiger partial charge is 0.338 e. The Kier molecular flexibility index (Phi) is 5.69. The molecular weight excluding hydrogens is 374 g/mol. The van der Waals surface area contributed by atoms with Crippen molar-refractivity contribution >= 4 is 22.6 Å². The average Bonchev–Trinajstić information content (AvgIpc) is 3.16. The molecule has 8 nitrogen and oxygen atoms in total. The van der Waals surface area contributed by atoms with Crippen LogP contribution in [0.2, 0.25) is 0 Å². The first-order valence-electron chi connectivity index (χ1n) is 8.65. The molecule has 0 saturated carbocycles. The van der Waals surface area contributed by atoms with Crippen LogP contribution in [0.3, 0.4) is 0 Å². The number of aromatic amines is 1. The number of ether oxygens (including phenoxy) is 3. The van der Waals surface area contributed by atoms with Crippen LogP contribution in [0, 0.1) is 18.3 Å². The summed E-state index contributed by atoms with van der Waals surface area (Å²) in [7, 11) is 2.97. The fraction of sp³-hybridized carbons (Fsp3) is 0.190. The number of aliphatic hydroxyl groups excluding tert-OH is 1. The van der Waals surface area contributed by atoms with Gasteiger partial charge in [-0.1, -0.05) is 12.1 Å². The zero-order valence-electron chi connectivity index (χ0n) is 16.1. The maximum Gasteiger partial charge on any atom is 0.338 e. The van der Waals surface area contributed by atoms with E-state index in [0.29, 0.717) is 17.0 Å². The Morgan fingerprint density at radius 1 is 1.21 bits per heavy atom. The molecule has 0 atom stereocenters. The summed E-state index contributed by atoms with van der Waals surface area (Å²) in [5.74, 6) is 0.0222. The first kappa shape index (κ1) is 19.8. The van der Waals surface area contributed by atoms with Gasteiger partial charge in [0.2, 0.25) is 0 Å². The Bertz CT molecular complexity index is 1080. The summed E-state index contributed by atoms with van der Waals surface area (Å²) in [6, 6.07) is 12.1. The van der Waals surface area contributed by atoms with Crippen LogP contribution in [-0.2, 0) is 4.74 Å². The van der Waals surface area contributed by atoms with Gasteiger partial charge in [-0.25, -0.2) is 9.78 Å². The number of aliphatic hydroxyl groups is 1. The summed E-state index contributed by atoms with van der Waals surface area (Å²) < 4.78 is 15.6. The van der Waals surface area contributed by atoms with Crippen LogP contribution in [0.25, 0.3) is 16.6 Å². The van der Waals surface area contributed by atoms with E-state index in [9.17, 15) is 15.2 Å². The third kappa shape index (κ3) is 3.99. The molecule has 0 fully saturated rings. The highest BCUT2D eigenvalue weighted by Gasteiger charge is 2.18. The number of benzene rings is 2. The maximum absolute atomic E-state index is 12.4. The van der Waals surface area contributed by atoms with Crippen molar-refractivity contribution in [2.75, 3.05) is 20.8 Å². The largest absolute Gasteiger partial charge is 0.507 e. The number of aromatic nitrogens is 2. The second kappa shape index (κ2) is 8.35. The molecule has 0 aliphatic carbocycles.